The van der Waals surface area contributed by atoms with Crippen LogP contribution in [0.25, 0.3) is 27.8 Å². The van der Waals surface area contributed by atoms with E-state index in [1.807, 2.05) is 12.3 Å². The first kappa shape index (κ1) is 15.0. The van der Waals surface area contributed by atoms with Crippen molar-refractivity contribution >= 4 is 21.8 Å². The van der Waals surface area contributed by atoms with Crippen molar-refractivity contribution < 1.29 is 0 Å². The van der Waals surface area contributed by atoms with Gasteiger partial charge in [-0.2, -0.15) is 10.1 Å². The van der Waals surface area contributed by atoms with Crippen molar-refractivity contribution in [2.75, 3.05) is 0 Å². The van der Waals surface area contributed by atoms with Crippen LogP contribution in [0.4, 0.5) is 0 Å². The zero-order valence-corrected chi connectivity index (χ0v) is 13.9. The minimum absolute atomic E-state index is 0.0849. The van der Waals surface area contributed by atoms with E-state index in [-0.39, 0.29) is 17.2 Å². The minimum Gasteiger partial charge on any atom is -0.312 e. The average molecular weight is 348 g/mol. The molecule has 8 nitrogen and oxygen atoms in total. The molecule has 5 rings (SSSR count). The van der Waals surface area contributed by atoms with Gasteiger partial charge >= 0.3 is 0 Å². The molecule has 0 aromatic carbocycles. The Morgan fingerprint density at radius 3 is 2.46 bits per heavy atom. The standard InChI is InChI=1S/C18H16N6O2/c25-16-12-9-13-15(6-8-24(17(13)26)18-19-10-20-22-18)21-14(12)5-7-23(16)11-3-1-2-4-11/h5-11H,1-4H2,(H,19,20,22). The Kier molecular flexibility index (Phi) is 3.24. The number of rotatable bonds is 2. The Morgan fingerprint density at radius 2 is 1.73 bits per heavy atom. The van der Waals surface area contributed by atoms with Gasteiger partial charge in [0.25, 0.3) is 11.1 Å². The lowest BCUT2D eigenvalue weighted by molar-refractivity contribution is 0.505. The molecule has 1 aliphatic carbocycles. The van der Waals surface area contributed by atoms with E-state index in [2.05, 4.69) is 20.2 Å². The fourth-order valence-electron chi connectivity index (χ4n) is 3.79. The highest BCUT2D eigenvalue weighted by Crippen LogP contribution is 2.28. The van der Waals surface area contributed by atoms with Crippen LogP contribution in [0.1, 0.15) is 31.7 Å². The summed E-state index contributed by atoms with van der Waals surface area (Å²) in [4.78, 5) is 34.3. The second-order valence-electron chi connectivity index (χ2n) is 6.62. The Bertz CT molecular complexity index is 1230. The van der Waals surface area contributed by atoms with E-state index in [0.29, 0.717) is 27.8 Å². The Balaban J connectivity index is 1.78. The highest BCUT2D eigenvalue weighted by Gasteiger charge is 2.19. The zero-order valence-electron chi connectivity index (χ0n) is 13.9. The van der Waals surface area contributed by atoms with Crippen molar-refractivity contribution in [3.05, 3.63) is 57.6 Å². The summed E-state index contributed by atoms with van der Waals surface area (Å²) in [5, 5.41) is 7.30. The normalized spacial score (nSPS) is 15.2. The second kappa shape index (κ2) is 5.62. The first-order chi connectivity index (χ1) is 12.7. The highest BCUT2D eigenvalue weighted by atomic mass is 16.1. The summed E-state index contributed by atoms with van der Waals surface area (Å²) in [6.07, 6.45) is 9.10. The van der Waals surface area contributed by atoms with Gasteiger partial charge in [0, 0.05) is 18.4 Å². The van der Waals surface area contributed by atoms with Crippen LogP contribution in [0.15, 0.2) is 46.5 Å². The van der Waals surface area contributed by atoms with E-state index in [9.17, 15) is 9.59 Å². The number of fused-ring (bicyclic) bond motifs is 2. The molecule has 0 aliphatic heterocycles. The lowest BCUT2D eigenvalue weighted by Crippen LogP contribution is -2.24. The smallest absolute Gasteiger partial charge is 0.266 e. The summed E-state index contributed by atoms with van der Waals surface area (Å²) in [6.45, 7) is 0. The summed E-state index contributed by atoms with van der Waals surface area (Å²) in [6, 6.07) is 5.49. The number of nitrogens with one attached hydrogen (secondary N) is 1. The number of hydrogen-bond acceptors (Lipinski definition) is 5. The Labute approximate surface area is 147 Å². The molecule has 0 amide bonds. The molecule has 1 saturated carbocycles. The SMILES string of the molecule is O=c1c2cc3c(=O)n(C4CCCC4)ccc3nc2ccn1-c1ncn[nH]1. The Morgan fingerprint density at radius 1 is 1.00 bits per heavy atom. The maximum atomic E-state index is 13.0. The van der Waals surface area contributed by atoms with Crippen molar-refractivity contribution in [3.63, 3.8) is 0 Å². The molecule has 4 heterocycles. The zero-order chi connectivity index (χ0) is 17.7. The van der Waals surface area contributed by atoms with E-state index < -0.39 is 0 Å². The maximum Gasteiger partial charge on any atom is 0.266 e. The van der Waals surface area contributed by atoms with Gasteiger partial charge < -0.3 is 4.57 Å². The van der Waals surface area contributed by atoms with Crippen LogP contribution in [-0.2, 0) is 0 Å². The summed E-state index contributed by atoms with van der Waals surface area (Å²) in [5.41, 5.74) is 0.785. The number of pyridine rings is 3. The monoisotopic (exact) mass is 348 g/mol. The van der Waals surface area contributed by atoms with Crippen LogP contribution in [0.5, 0.6) is 0 Å². The van der Waals surface area contributed by atoms with Crippen molar-refractivity contribution in [2.45, 2.75) is 31.7 Å². The molecule has 0 radical (unpaired) electrons. The summed E-state index contributed by atoms with van der Waals surface area (Å²) < 4.78 is 3.15. The lowest BCUT2D eigenvalue weighted by atomic mass is 10.1. The molecule has 0 atom stereocenters. The molecule has 1 N–H and O–H groups in total. The molecule has 0 unspecified atom stereocenters. The topological polar surface area (TPSA) is 98.5 Å². The molecule has 8 heteroatoms. The molecular formula is C18H16N6O2. The lowest BCUT2D eigenvalue weighted by Gasteiger charge is -2.14. The van der Waals surface area contributed by atoms with Crippen LogP contribution >= 0.6 is 0 Å². The third-order valence-electron chi connectivity index (χ3n) is 5.12. The molecule has 0 spiro atoms. The molecular weight excluding hydrogens is 332 g/mol. The highest BCUT2D eigenvalue weighted by molar-refractivity contribution is 5.91. The molecule has 0 saturated heterocycles. The fraction of sp³-hybridized carbons (Fsp3) is 0.278. The Hall–Kier alpha value is -3.29. The molecule has 130 valence electrons. The van der Waals surface area contributed by atoms with Crippen LogP contribution in [-0.4, -0.2) is 29.3 Å². The van der Waals surface area contributed by atoms with Crippen LogP contribution in [0, 0.1) is 0 Å². The van der Waals surface area contributed by atoms with Gasteiger partial charge in [-0.1, -0.05) is 12.8 Å². The predicted molar refractivity (Wildman–Crippen MR) is 96.6 cm³/mol. The van der Waals surface area contributed by atoms with Gasteiger partial charge in [0.15, 0.2) is 0 Å². The molecule has 0 bridgehead atoms. The van der Waals surface area contributed by atoms with E-state index in [0.717, 1.165) is 25.7 Å². The van der Waals surface area contributed by atoms with E-state index in [1.54, 1.807) is 22.9 Å². The van der Waals surface area contributed by atoms with Gasteiger partial charge in [-0.3, -0.25) is 14.2 Å². The van der Waals surface area contributed by atoms with E-state index in [1.165, 1.54) is 10.9 Å². The second-order valence-corrected chi connectivity index (χ2v) is 6.62. The van der Waals surface area contributed by atoms with Gasteiger partial charge in [0.2, 0.25) is 5.95 Å². The van der Waals surface area contributed by atoms with E-state index >= 15 is 0 Å². The van der Waals surface area contributed by atoms with Crippen molar-refractivity contribution in [3.8, 4) is 5.95 Å². The first-order valence-electron chi connectivity index (χ1n) is 8.65. The third kappa shape index (κ3) is 2.18. The van der Waals surface area contributed by atoms with Crippen molar-refractivity contribution in [1.29, 1.82) is 0 Å². The summed E-state index contributed by atoms with van der Waals surface area (Å²) in [7, 11) is 0. The molecule has 1 fully saturated rings. The van der Waals surface area contributed by atoms with Gasteiger partial charge in [-0.25, -0.2) is 10.1 Å². The van der Waals surface area contributed by atoms with Gasteiger partial charge in [0.05, 0.1) is 21.8 Å². The predicted octanol–water partition coefficient (Wildman–Crippen LogP) is 1.93. The molecule has 26 heavy (non-hydrogen) atoms. The number of aromatic amines is 1. The maximum absolute atomic E-state index is 13.0. The molecule has 4 aromatic rings. The number of aromatic nitrogens is 6. The van der Waals surface area contributed by atoms with Crippen LogP contribution in [0.2, 0.25) is 0 Å². The average Bonchev–Trinajstić information content (AvgIpc) is 3.35. The fourth-order valence-corrected chi connectivity index (χ4v) is 3.79. The summed E-state index contributed by atoms with van der Waals surface area (Å²) >= 11 is 0. The molecule has 1 aliphatic rings. The number of hydrogen-bond donors (Lipinski definition) is 1. The van der Waals surface area contributed by atoms with E-state index in [4.69, 9.17) is 0 Å². The van der Waals surface area contributed by atoms with Crippen molar-refractivity contribution in [1.82, 2.24) is 29.3 Å². The van der Waals surface area contributed by atoms with Gasteiger partial charge in [-0.05, 0) is 31.0 Å². The minimum atomic E-state index is -0.288. The first-order valence-corrected chi connectivity index (χ1v) is 8.65. The number of H-pyrrole nitrogens is 1. The molecule has 4 aromatic heterocycles. The summed E-state index contributed by atoms with van der Waals surface area (Å²) in [5.74, 6) is 0.327. The third-order valence-corrected chi connectivity index (χ3v) is 5.12. The van der Waals surface area contributed by atoms with Crippen LogP contribution < -0.4 is 11.1 Å². The van der Waals surface area contributed by atoms with Gasteiger partial charge in [0.1, 0.15) is 6.33 Å². The largest absolute Gasteiger partial charge is 0.312 e. The van der Waals surface area contributed by atoms with Crippen molar-refractivity contribution in [2.24, 2.45) is 0 Å². The van der Waals surface area contributed by atoms with Crippen LogP contribution in [0.3, 0.4) is 0 Å². The quantitative estimate of drug-likeness (QED) is 0.558. The number of nitrogens with zero attached hydrogens (tertiary/aromatic N) is 5. The van der Waals surface area contributed by atoms with Gasteiger partial charge in [-0.15, -0.1) is 0 Å².